The monoisotopic (exact) mass is 320 g/mol. The van der Waals surface area contributed by atoms with Crippen LogP contribution >= 0.6 is 15.9 Å². The maximum atomic E-state index is 4.52. The van der Waals surface area contributed by atoms with Gasteiger partial charge >= 0.3 is 0 Å². The molecule has 0 radical (unpaired) electrons. The molecule has 19 heavy (non-hydrogen) atoms. The van der Waals surface area contributed by atoms with Crippen LogP contribution < -0.4 is 5.32 Å². The molecule has 0 fully saturated rings. The zero-order valence-corrected chi connectivity index (χ0v) is 13.2. The van der Waals surface area contributed by atoms with Gasteiger partial charge in [0, 0.05) is 28.6 Å². The minimum Gasteiger partial charge on any atom is -0.310 e. The maximum absolute atomic E-state index is 4.52. The molecule has 2 rings (SSSR count). The lowest BCUT2D eigenvalue weighted by Crippen LogP contribution is -2.27. The van der Waals surface area contributed by atoms with Crippen LogP contribution in [0.25, 0.3) is 10.9 Å². The van der Waals surface area contributed by atoms with Crippen molar-refractivity contribution in [2.75, 3.05) is 0 Å². The van der Waals surface area contributed by atoms with Gasteiger partial charge < -0.3 is 5.32 Å². The van der Waals surface area contributed by atoms with E-state index in [1.807, 2.05) is 12.3 Å². The lowest BCUT2D eigenvalue weighted by Gasteiger charge is -2.16. The molecule has 1 atom stereocenters. The quantitative estimate of drug-likeness (QED) is 0.836. The SMILES string of the molecule is CCCC(CC)NCc1ccc(Br)c2cccnc12. The highest BCUT2D eigenvalue weighted by atomic mass is 79.9. The highest BCUT2D eigenvalue weighted by Gasteiger charge is 2.08. The molecular weight excluding hydrogens is 300 g/mol. The minimum absolute atomic E-state index is 0.604. The van der Waals surface area contributed by atoms with Crippen molar-refractivity contribution >= 4 is 26.8 Å². The summed E-state index contributed by atoms with van der Waals surface area (Å²) < 4.78 is 1.11. The number of nitrogens with zero attached hydrogens (tertiary/aromatic N) is 1. The average Bonchev–Trinajstić information content (AvgIpc) is 2.45. The van der Waals surface area contributed by atoms with Gasteiger partial charge in [-0.05, 0) is 30.5 Å². The molecule has 1 N–H and O–H groups in total. The van der Waals surface area contributed by atoms with Crippen LogP contribution in [-0.2, 0) is 6.54 Å². The Morgan fingerprint density at radius 2 is 2.11 bits per heavy atom. The summed E-state index contributed by atoms with van der Waals surface area (Å²) in [6.45, 7) is 5.37. The van der Waals surface area contributed by atoms with Crippen molar-refractivity contribution in [3.8, 4) is 0 Å². The van der Waals surface area contributed by atoms with Crippen molar-refractivity contribution in [1.29, 1.82) is 0 Å². The fraction of sp³-hybridized carbons (Fsp3) is 0.438. The summed E-state index contributed by atoms with van der Waals surface area (Å²) >= 11 is 3.59. The van der Waals surface area contributed by atoms with Crippen molar-refractivity contribution in [3.63, 3.8) is 0 Å². The molecule has 0 saturated heterocycles. The first-order valence-corrected chi connectivity index (χ1v) is 7.81. The molecular formula is C16H21BrN2. The molecule has 1 heterocycles. The van der Waals surface area contributed by atoms with E-state index in [4.69, 9.17) is 0 Å². The normalized spacial score (nSPS) is 12.8. The predicted molar refractivity (Wildman–Crippen MR) is 85.3 cm³/mol. The Bertz CT molecular complexity index is 539. The second-order valence-corrected chi connectivity index (χ2v) is 5.74. The average molecular weight is 321 g/mol. The molecule has 1 aromatic heterocycles. The van der Waals surface area contributed by atoms with E-state index in [1.165, 1.54) is 30.2 Å². The van der Waals surface area contributed by atoms with Crippen LogP contribution in [-0.4, -0.2) is 11.0 Å². The number of hydrogen-bond acceptors (Lipinski definition) is 2. The summed E-state index contributed by atoms with van der Waals surface area (Å²) in [7, 11) is 0. The highest BCUT2D eigenvalue weighted by molar-refractivity contribution is 9.10. The third-order valence-electron chi connectivity index (χ3n) is 3.51. The fourth-order valence-electron chi connectivity index (χ4n) is 2.39. The molecule has 1 aromatic carbocycles. The smallest absolute Gasteiger partial charge is 0.0758 e. The van der Waals surface area contributed by atoms with Gasteiger partial charge in [0.25, 0.3) is 0 Å². The van der Waals surface area contributed by atoms with Gasteiger partial charge in [0.15, 0.2) is 0 Å². The second-order valence-electron chi connectivity index (χ2n) is 4.88. The Balaban J connectivity index is 2.19. The number of aromatic nitrogens is 1. The molecule has 2 nitrogen and oxygen atoms in total. The molecule has 0 amide bonds. The van der Waals surface area contributed by atoms with E-state index >= 15 is 0 Å². The summed E-state index contributed by atoms with van der Waals surface area (Å²) in [4.78, 5) is 4.52. The van der Waals surface area contributed by atoms with Crippen LogP contribution in [0.15, 0.2) is 34.9 Å². The largest absolute Gasteiger partial charge is 0.310 e. The van der Waals surface area contributed by atoms with Gasteiger partial charge in [-0.3, -0.25) is 4.98 Å². The molecule has 0 aliphatic carbocycles. The molecule has 0 spiro atoms. The Hall–Kier alpha value is -0.930. The number of fused-ring (bicyclic) bond motifs is 1. The Labute approximate surface area is 123 Å². The maximum Gasteiger partial charge on any atom is 0.0758 e. The molecule has 0 aliphatic rings. The van der Waals surface area contributed by atoms with Crippen molar-refractivity contribution < 1.29 is 0 Å². The van der Waals surface area contributed by atoms with E-state index in [2.05, 4.69) is 58.3 Å². The first kappa shape index (κ1) is 14.5. The molecule has 3 heteroatoms. The van der Waals surface area contributed by atoms with E-state index in [0.29, 0.717) is 6.04 Å². The first-order valence-electron chi connectivity index (χ1n) is 7.01. The summed E-state index contributed by atoms with van der Waals surface area (Å²) in [5.74, 6) is 0. The van der Waals surface area contributed by atoms with Gasteiger partial charge in [0.05, 0.1) is 5.52 Å². The third kappa shape index (κ3) is 3.54. The first-order chi connectivity index (χ1) is 9.26. The lowest BCUT2D eigenvalue weighted by molar-refractivity contribution is 0.463. The molecule has 0 bridgehead atoms. The Morgan fingerprint density at radius 3 is 2.84 bits per heavy atom. The zero-order chi connectivity index (χ0) is 13.7. The second kappa shape index (κ2) is 7.01. The van der Waals surface area contributed by atoms with Crippen LogP contribution in [0.2, 0.25) is 0 Å². The Kier molecular flexibility index (Phi) is 5.34. The van der Waals surface area contributed by atoms with E-state index in [1.54, 1.807) is 0 Å². The van der Waals surface area contributed by atoms with Gasteiger partial charge in [0.2, 0.25) is 0 Å². The topological polar surface area (TPSA) is 24.9 Å². The number of halogens is 1. The van der Waals surface area contributed by atoms with E-state index in [9.17, 15) is 0 Å². The number of hydrogen-bond donors (Lipinski definition) is 1. The third-order valence-corrected chi connectivity index (χ3v) is 4.20. The van der Waals surface area contributed by atoms with Crippen LogP contribution in [0.3, 0.4) is 0 Å². The van der Waals surface area contributed by atoms with Crippen molar-refractivity contribution in [2.45, 2.75) is 45.7 Å². The van der Waals surface area contributed by atoms with Crippen molar-refractivity contribution in [2.24, 2.45) is 0 Å². The summed E-state index contributed by atoms with van der Waals surface area (Å²) in [6.07, 6.45) is 5.50. The standard InChI is InChI=1S/C16H21BrN2/c1-3-6-13(4-2)19-11-12-8-9-15(17)14-7-5-10-18-16(12)14/h5,7-10,13,19H,3-4,6,11H2,1-2H3. The van der Waals surface area contributed by atoms with Crippen LogP contribution in [0.4, 0.5) is 0 Å². The van der Waals surface area contributed by atoms with Gasteiger partial charge in [-0.15, -0.1) is 0 Å². The molecule has 0 saturated carbocycles. The summed E-state index contributed by atoms with van der Waals surface area (Å²) in [5.41, 5.74) is 2.36. The number of benzene rings is 1. The molecule has 0 aliphatic heterocycles. The zero-order valence-electron chi connectivity index (χ0n) is 11.6. The van der Waals surface area contributed by atoms with E-state index < -0.39 is 0 Å². The summed E-state index contributed by atoms with van der Waals surface area (Å²) in [6, 6.07) is 8.97. The predicted octanol–water partition coefficient (Wildman–Crippen LogP) is 4.67. The van der Waals surface area contributed by atoms with Crippen molar-refractivity contribution in [3.05, 3.63) is 40.5 Å². The van der Waals surface area contributed by atoms with Crippen LogP contribution in [0.1, 0.15) is 38.7 Å². The summed E-state index contributed by atoms with van der Waals surface area (Å²) in [5, 5.41) is 4.83. The molecule has 2 aromatic rings. The molecule has 102 valence electrons. The van der Waals surface area contributed by atoms with Crippen LogP contribution in [0, 0.1) is 0 Å². The van der Waals surface area contributed by atoms with Crippen molar-refractivity contribution in [1.82, 2.24) is 10.3 Å². The minimum atomic E-state index is 0.604. The Morgan fingerprint density at radius 1 is 1.26 bits per heavy atom. The highest BCUT2D eigenvalue weighted by Crippen LogP contribution is 2.25. The van der Waals surface area contributed by atoms with Crippen LogP contribution in [0.5, 0.6) is 0 Å². The van der Waals surface area contributed by atoms with Gasteiger partial charge in [-0.2, -0.15) is 0 Å². The lowest BCUT2D eigenvalue weighted by atomic mass is 10.1. The van der Waals surface area contributed by atoms with Gasteiger partial charge in [-0.25, -0.2) is 0 Å². The fourth-order valence-corrected chi connectivity index (χ4v) is 2.84. The number of pyridine rings is 1. The van der Waals surface area contributed by atoms with E-state index in [0.717, 1.165) is 16.5 Å². The molecule has 1 unspecified atom stereocenters. The van der Waals surface area contributed by atoms with Gasteiger partial charge in [0.1, 0.15) is 0 Å². The number of nitrogens with one attached hydrogen (secondary N) is 1. The van der Waals surface area contributed by atoms with E-state index in [-0.39, 0.29) is 0 Å². The van der Waals surface area contributed by atoms with Gasteiger partial charge in [-0.1, -0.05) is 48.3 Å². The number of rotatable bonds is 6.